The van der Waals surface area contributed by atoms with Crippen LogP contribution in [0.15, 0.2) is 60.8 Å². The van der Waals surface area contributed by atoms with Crippen LogP contribution in [0.2, 0.25) is 5.02 Å². The third-order valence-corrected chi connectivity index (χ3v) is 7.21. The third-order valence-electron chi connectivity index (χ3n) is 6.96. The number of aliphatic hydroxyl groups excluding tert-OH is 2. The highest BCUT2D eigenvalue weighted by atomic mass is 35.5. The van der Waals surface area contributed by atoms with Gasteiger partial charge in [0.25, 0.3) is 5.91 Å². The second kappa shape index (κ2) is 13.2. The first kappa shape index (κ1) is 27.4. The van der Waals surface area contributed by atoms with Gasteiger partial charge in [0, 0.05) is 61.6 Å². The van der Waals surface area contributed by atoms with Gasteiger partial charge in [-0.05, 0) is 49.7 Å². The Hall–Kier alpha value is -2.68. The molecule has 0 aliphatic carbocycles. The fourth-order valence-corrected chi connectivity index (χ4v) is 4.89. The lowest BCUT2D eigenvalue weighted by atomic mass is 9.96. The van der Waals surface area contributed by atoms with E-state index in [1.807, 2.05) is 65.4 Å². The summed E-state index contributed by atoms with van der Waals surface area (Å²) in [7, 11) is 2.15. The highest BCUT2D eigenvalue weighted by molar-refractivity contribution is 6.30. The maximum Gasteiger partial charge on any atom is 0.268 e. The van der Waals surface area contributed by atoms with Crippen molar-refractivity contribution in [3.63, 3.8) is 0 Å². The summed E-state index contributed by atoms with van der Waals surface area (Å²) >= 11 is 6.15. The molecule has 0 radical (unpaired) electrons. The number of piperazine rings is 1. The molecular formula is C29H37ClN4O3. The fraction of sp³-hybridized carbons (Fsp3) is 0.414. The summed E-state index contributed by atoms with van der Waals surface area (Å²) in [5.74, 6) is -0.143. The van der Waals surface area contributed by atoms with E-state index in [1.165, 1.54) is 0 Å². The highest BCUT2D eigenvalue weighted by Crippen LogP contribution is 2.37. The number of benzene rings is 2. The molecule has 37 heavy (non-hydrogen) atoms. The molecule has 1 amide bonds. The molecule has 1 fully saturated rings. The summed E-state index contributed by atoms with van der Waals surface area (Å²) in [5, 5.41) is 23.1. The molecular weight excluding hydrogens is 488 g/mol. The van der Waals surface area contributed by atoms with Crippen LogP contribution in [0.4, 0.5) is 0 Å². The number of hydrogen-bond acceptors (Lipinski definition) is 5. The maximum absolute atomic E-state index is 13.7. The van der Waals surface area contributed by atoms with Crippen LogP contribution in [0, 0.1) is 0 Å². The Morgan fingerprint density at radius 2 is 1.70 bits per heavy atom. The smallest absolute Gasteiger partial charge is 0.268 e. The van der Waals surface area contributed by atoms with Gasteiger partial charge < -0.3 is 29.9 Å². The van der Waals surface area contributed by atoms with E-state index in [2.05, 4.69) is 22.2 Å². The van der Waals surface area contributed by atoms with Gasteiger partial charge in [0.15, 0.2) is 0 Å². The average molecular weight is 525 g/mol. The van der Waals surface area contributed by atoms with Crippen molar-refractivity contribution in [2.45, 2.75) is 25.5 Å². The van der Waals surface area contributed by atoms with Crippen molar-refractivity contribution in [2.24, 2.45) is 0 Å². The van der Waals surface area contributed by atoms with Crippen LogP contribution < -0.4 is 5.32 Å². The van der Waals surface area contributed by atoms with Crippen molar-refractivity contribution in [3.05, 3.63) is 71.5 Å². The molecule has 1 aliphatic heterocycles. The van der Waals surface area contributed by atoms with Crippen LogP contribution in [-0.2, 0) is 6.54 Å². The lowest BCUT2D eigenvalue weighted by molar-refractivity contribution is 0.0834. The zero-order valence-corrected chi connectivity index (χ0v) is 22.2. The largest absolute Gasteiger partial charge is 0.394 e. The number of aromatic nitrogens is 1. The molecule has 0 bridgehead atoms. The zero-order chi connectivity index (χ0) is 26.2. The lowest BCUT2D eigenvalue weighted by Gasteiger charge is -2.32. The predicted molar refractivity (Wildman–Crippen MR) is 149 cm³/mol. The van der Waals surface area contributed by atoms with Gasteiger partial charge in [-0.2, -0.15) is 0 Å². The quantitative estimate of drug-likeness (QED) is 0.334. The van der Waals surface area contributed by atoms with Crippen LogP contribution in [0.5, 0.6) is 0 Å². The molecule has 7 nitrogen and oxygen atoms in total. The fourth-order valence-electron chi connectivity index (χ4n) is 4.76. The lowest BCUT2D eigenvalue weighted by Crippen LogP contribution is -2.45. The molecule has 4 rings (SSSR count). The van der Waals surface area contributed by atoms with Crippen LogP contribution in [0.1, 0.15) is 23.3 Å². The average Bonchev–Trinajstić information content (AvgIpc) is 3.31. The van der Waals surface area contributed by atoms with Crippen molar-refractivity contribution in [1.82, 2.24) is 19.7 Å². The van der Waals surface area contributed by atoms with Gasteiger partial charge in [0.1, 0.15) is 5.69 Å². The summed E-state index contributed by atoms with van der Waals surface area (Å²) < 4.78 is 1.90. The monoisotopic (exact) mass is 524 g/mol. The number of aryl methyl sites for hydroxylation is 1. The van der Waals surface area contributed by atoms with E-state index in [9.17, 15) is 15.0 Å². The van der Waals surface area contributed by atoms with Gasteiger partial charge in [-0.25, -0.2) is 0 Å². The Morgan fingerprint density at radius 1 is 1.00 bits per heavy atom. The SMILES string of the molecule is CN1CCN(CCCNC(=O)c2c(-c3ccccc3)c(-c3ccc(Cl)cc3)cn2CC[C@H](O)CO)CC1. The van der Waals surface area contributed by atoms with Crippen molar-refractivity contribution in [1.29, 1.82) is 0 Å². The van der Waals surface area contributed by atoms with Crippen LogP contribution in [0.25, 0.3) is 22.3 Å². The summed E-state index contributed by atoms with van der Waals surface area (Å²) in [6.07, 6.45) is 2.34. The van der Waals surface area contributed by atoms with Gasteiger partial charge in [-0.3, -0.25) is 4.79 Å². The van der Waals surface area contributed by atoms with Crippen molar-refractivity contribution < 1.29 is 15.0 Å². The molecule has 0 unspecified atom stereocenters. The summed E-state index contributed by atoms with van der Waals surface area (Å²) in [6.45, 7) is 5.90. The normalized spacial score (nSPS) is 15.6. The van der Waals surface area contributed by atoms with E-state index in [0.29, 0.717) is 30.2 Å². The third kappa shape index (κ3) is 7.21. The van der Waals surface area contributed by atoms with Gasteiger partial charge in [0.2, 0.25) is 0 Å². The summed E-state index contributed by atoms with van der Waals surface area (Å²) in [5.41, 5.74) is 4.22. The molecule has 1 saturated heterocycles. The second-order valence-corrected chi connectivity index (χ2v) is 10.1. The Bertz CT molecular complexity index is 1140. The van der Waals surface area contributed by atoms with Crippen LogP contribution in [0.3, 0.4) is 0 Å². The van der Waals surface area contributed by atoms with E-state index in [-0.39, 0.29) is 12.5 Å². The number of rotatable bonds is 11. The number of carbonyl (C=O) groups excluding carboxylic acids is 1. The number of likely N-dealkylation sites (N-methyl/N-ethyl adjacent to an activating group) is 1. The van der Waals surface area contributed by atoms with Gasteiger partial charge in [-0.1, -0.05) is 54.1 Å². The molecule has 1 atom stereocenters. The standard InChI is InChI=1S/C29H37ClN4O3/c1-32-16-18-33(19-17-32)14-5-13-31-29(37)28-27(23-6-3-2-4-7-23)26(22-8-10-24(30)11-9-22)20-34(28)15-12-25(36)21-35/h2-4,6-11,20,25,35-36H,5,12-19,21H2,1H3,(H,31,37)/t25-/m0/s1. The first-order chi connectivity index (χ1) is 18.0. The molecule has 0 saturated carbocycles. The van der Waals surface area contributed by atoms with Crippen LogP contribution in [-0.4, -0.2) is 89.5 Å². The highest BCUT2D eigenvalue weighted by Gasteiger charge is 2.24. The molecule has 8 heteroatoms. The Morgan fingerprint density at radius 3 is 2.38 bits per heavy atom. The minimum atomic E-state index is -0.846. The van der Waals surface area contributed by atoms with Gasteiger partial charge in [0.05, 0.1) is 12.7 Å². The molecule has 2 aromatic carbocycles. The number of aliphatic hydroxyl groups is 2. The Balaban J connectivity index is 1.61. The number of amides is 1. The van der Waals surface area contributed by atoms with Crippen molar-refractivity contribution in [3.8, 4) is 22.3 Å². The molecule has 3 aromatic rings. The second-order valence-electron chi connectivity index (χ2n) is 9.71. The summed E-state index contributed by atoms with van der Waals surface area (Å²) in [4.78, 5) is 18.5. The Kier molecular flexibility index (Phi) is 9.77. The number of hydrogen-bond donors (Lipinski definition) is 3. The van der Waals surface area contributed by atoms with E-state index >= 15 is 0 Å². The molecule has 1 aromatic heterocycles. The topological polar surface area (TPSA) is 81.0 Å². The minimum absolute atomic E-state index is 0.143. The minimum Gasteiger partial charge on any atom is -0.394 e. The summed E-state index contributed by atoms with van der Waals surface area (Å²) in [6, 6.07) is 17.5. The first-order valence-electron chi connectivity index (χ1n) is 13.0. The van der Waals surface area contributed by atoms with Crippen molar-refractivity contribution >= 4 is 17.5 Å². The van der Waals surface area contributed by atoms with Gasteiger partial charge in [-0.15, -0.1) is 0 Å². The van der Waals surface area contributed by atoms with Gasteiger partial charge >= 0.3 is 0 Å². The maximum atomic E-state index is 13.7. The zero-order valence-electron chi connectivity index (χ0n) is 21.4. The van der Waals surface area contributed by atoms with Crippen molar-refractivity contribution in [2.75, 3.05) is 52.9 Å². The molecule has 0 spiro atoms. The number of carbonyl (C=O) groups is 1. The predicted octanol–water partition coefficient (Wildman–Crippen LogP) is 3.59. The Labute approximate surface area is 224 Å². The van der Waals surface area contributed by atoms with Crippen LogP contribution >= 0.6 is 11.6 Å². The molecule has 198 valence electrons. The number of halogens is 1. The first-order valence-corrected chi connectivity index (χ1v) is 13.4. The molecule has 3 N–H and O–H groups in total. The van der Waals surface area contributed by atoms with E-state index in [4.69, 9.17) is 11.6 Å². The van der Waals surface area contributed by atoms with E-state index in [1.54, 1.807) is 0 Å². The number of nitrogens with one attached hydrogen (secondary N) is 1. The number of nitrogens with zero attached hydrogens (tertiary/aromatic N) is 3. The van der Waals surface area contributed by atoms with E-state index in [0.717, 1.165) is 61.4 Å². The molecule has 2 heterocycles. The molecule has 1 aliphatic rings. The van der Waals surface area contributed by atoms with E-state index < -0.39 is 6.10 Å².